The molecule has 0 unspecified atom stereocenters. The van der Waals surface area contributed by atoms with Crippen LogP contribution in [0.5, 0.6) is 5.75 Å². The first kappa shape index (κ1) is 22.3. The van der Waals surface area contributed by atoms with Crippen molar-refractivity contribution in [2.75, 3.05) is 26.2 Å². The number of phenolic OH excluding ortho intramolecular Hbond substituents is 1. The van der Waals surface area contributed by atoms with E-state index in [1.54, 1.807) is 6.07 Å². The lowest BCUT2D eigenvalue weighted by Crippen LogP contribution is -2.33. The Hall–Kier alpha value is -2.87. The van der Waals surface area contributed by atoms with Gasteiger partial charge in [-0.05, 0) is 68.9 Å². The van der Waals surface area contributed by atoms with Crippen LogP contribution in [0.25, 0.3) is 10.9 Å². The lowest BCUT2D eigenvalue weighted by Gasteiger charge is -2.32. The molecule has 0 atom stereocenters. The van der Waals surface area contributed by atoms with Crippen LogP contribution in [0.2, 0.25) is 0 Å². The summed E-state index contributed by atoms with van der Waals surface area (Å²) in [6.45, 7) is 5.77. The molecule has 1 aromatic heterocycles. The first-order valence-electron chi connectivity index (χ1n) is 11.7. The SMILES string of the molecule is C#CCN(CCCC1CCN(Cc2ccccc2)CC1)Cc1ccc2cccc(O)c2n1. The highest BCUT2D eigenvalue weighted by Gasteiger charge is 2.19. The Balaban J connectivity index is 1.23. The number of para-hydroxylation sites is 1. The topological polar surface area (TPSA) is 39.6 Å². The van der Waals surface area contributed by atoms with E-state index >= 15 is 0 Å². The van der Waals surface area contributed by atoms with E-state index in [0.717, 1.165) is 36.5 Å². The van der Waals surface area contributed by atoms with E-state index in [9.17, 15) is 5.11 Å². The van der Waals surface area contributed by atoms with Gasteiger partial charge in [-0.2, -0.15) is 0 Å². The minimum atomic E-state index is 0.228. The van der Waals surface area contributed by atoms with Gasteiger partial charge in [0.05, 0.1) is 12.2 Å². The second-order valence-electron chi connectivity index (χ2n) is 8.91. The maximum absolute atomic E-state index is 10.1. The van der Waals surface area contributed by atoms with E-state index in [1.165, 1.54) is 37.9 Å². The van der Waals surface area contributed by atoms with Gasteiger partial charge >= 0.3 is 0 Å². The zero-order chi connectivity index (χ0) is 22.2. The third-order valence-electron chi connectivity index (χ3n) is 6.50. The van der Waals surface area contributed by atoms with Gasteiger partial charge in [-0.1, -0.05) is 54.5 Å². The molecule has 0 spiro atoms. The largest absolute Gasteiger partial charge is 0.506 e. The number of pyridine rings is 1. The number of rotatable bonds is 9. The smallest absolute Gasteiger partial charge is 0.141 e. The quantitative estimate of drug-likeness (QED) is 0.484. The van der Waals surface area contributed by atoms with Gasteiger partial charge in [0.1, 0.15) is 11.3 Å². The molecule has 0 aliphatic carbocycles. The number of likely N-dealkylation sites (tertiary alicyclic amines) is 1. The second kappa shape index (κ2) is 11.1. The van der Waals surface area contributed by atoms with Gasteiger partial charge in [-0.25, -0.2) is 4.98 Å². The van der Waals surface area contributed by atoms with Gasteiger partial charge in [0, 0.05) is 18.5 Å². The van der Waals surface area contributed by atoms with E-state index in [0.29, 0.717) is 18.6 Å². The van der Waals surface area contributed by atoms with Crippen molar-refractivity contribution < 1.29 is 5.11 Å². The number of nitrogens with zero attached hydrogens (tertiary/aromatic N) is 3. The number of aromatic nitrogens is 1. The van der Waals surface area contributed by atoms with Gasteiger partial charge in [0.2, 0.25) is 0 Å². The molecule has 0 amide bonds. The third kappa shape index (κ3) is 6.09. The van der Waals surface area contributed by atoms with Crippen LogP contribution in [0, 0.1) is 18.3 Å². The summed E-state index contributed by atoms with van der Waals surface area (Å²) in [5, 5.41) is 11.1. The predicted molar refractivity (Wildman–Crippen MR) is 131 cm³/mol. The fourth-order valence-corrected chi connectivity index (χ4v) is 4.71. The van der Waals surface area contributed by atoms with Crippen LogP contribution < -0.4 is 0 Å². The van der Waals surface area contributed by atoms with Crippen LogP contribution in [0.1, 0.15) is 36.9 Å². The lowest BCUT2D eigenvalue weighted by molar-refractivity contribution is 0.166. The van der Waals surface area contributed by atoms with Crippen LogP contribution in [0.3, 0.4) is 0 Å². The van der Waals surface area contributed by atoms with Crippen molar-refractivity contribution in [2.45, 2.75) is 38.8 Å². The van der Waals surface area contributed by atoms with Gasteiger partial charge < -0.3 is 5.11 Å². The molecule has 1 fully saturated rings. The molecule has 1 aliphatic heterocycles. The van der Waals surface area contributed by atoms with Crippen molar-refractivity contribution >= 4 is 10.9 Å². The molecule has 2 aromatic carbocycles. The highest BCUT2D eigenvalue weighted by Crippen LogP contribution is 2.24. The highest BCUT2D eigenvalue weighted by molar-refractivity contribution is 5.84. The molecule has 2 heterocycles. The first-order chi connectivity index (χ1) is 15.7. The Morgan fingerprint density at radius 1 is 1.03 bits per heavy atom. The van der Waals surface area contributed by atoms with E-state index in [4.69, 9.17) is 6.42 Å². The first-order valence-corrected chi connectivity index (χ1v) is 11.7. The molecule has 1 saturated heterocycles. The van der Waals surface area contributed by atoms with Crippen molar-refractivity contribution in [3.8, 4) is 18.1 Å². The Kier molecular flexibility index (Phi) is 7.77. The molecule has 3 aromatic rings. The van der Waals surface area contributed by atoms with Crippen LogP contribution in [0.15, 0.2) is 60.7 Å². The fraction of sp³-hybridized carbons (Fsp3) is 0.393. The molecule has 0 saturated carbocycles. The standard InChI is InChI=1S/C28H33N3O/c1-2-17-30(22-26-14-13-25-11-6-12-27(32)28(25)29-26)18-7-10-23-15-19-31(20-16-23)21-24-8-4-3-5-9-24/h1,3-6,8-9,11-14,23,32H,7,10,15-22H2. The van der Waals surface area contributed by atoms with Crippen molar-refractivity contribution in [1.29, 1.82) is 0 Å². The molecule has 0 radical (unpaired) electrons. The number of hydrogen-bond donors (Lipinski definition) is 1. The van der Waals surface area contributed by atoms with Crippen molar-refractivity contribution in [3.63, 3.8) is 0 Å². The summed E-state index contributed by atoms with van der Waals surface area (Å²) in [7, 11) is 0. The summed E-state index contributed by atoms with van der Waals surface area (Å²) in [4.78, 5) is 9.54. The minimum absolute atomic E-state index is 0.228. The number of terminal acetylenes is 1. The number of aromatic hydroxyl groups is 1. The Morgan fingerprint density at radius 3 is 2.62 bits per heavy atom. The molecular weight excluding hydrogens is 394 g/mol. The third-order valence-corrected chi connectivity index (χ3v) is 6.50. The van der Waals surface area contributed by atoms with Crippen molar-refractivity contribution in [2.24, 2.45) is 5.92 Å². The van der Waals surface area contributed by atoms with E-state index < -0.39 is 0 Å². The Labute approximate surface area is 191 Å². The molecule has 1 aliphatic rings. The summed E-state index contributed by atoms with van der Waals surface area (Å²) in [6.07, 6.45) is 10.6. The zero-order valence-corrected chi connectivity index (χ0v) is 18.8. The summed E-state index contributed by atoms with van der Waals surface area (Å²) in [6, 6.07) is 20.3. The van der Waals surface area contributed by atoms with E-state index in [2.05, 4.69) is 51.0 Å². The molecule has 4 rings (SSSR count). The van der Waals surface area contributed by atoms with Crippen LogP contribution in [0.4, 0.5) is 0 Å². The van der Waals surface area contributed by atoms with Gasteiger partial charge in [0.15, 0.2) is 0 Å². The zero-order valence-electron chi connectivity index (χ0n) is 18.8. The Bertz CT molecular complexity index is 1040. The highest BCUT2D eigenvalue weighted by atomic mass is 16.3. The molecule has 4 nitrogen and oxygen atoms in total. The molecule has 0 bridgehead atoms. The van der Waals surface area contributed by atoms with Gasteiger partial charge in [-0.3, -0.25) is 9.80 Å². The molecule has 4 heteroatoms. The van der Waals surface area contributed by atoms with Crippen LogP contribution >= 0.6 is 0 Å². The normalized spacial score (nSPS) is 15.2. The average molecular weight is 428 g/mol. The Morgan fingerprint density at radius 2 is 1.84 bits per heavy atom. The van der Waals surface area contributed by atoms with Crippen LogP contribution in [-0.4, -0.2) is 46.1 Å². The summed E-state index contributed by atoms with van der Waals surface area (Å²) < 4.78 is 0. The van der Waals surface area contributed by atoms with Crippen LogP contribution in [-0.2, 0) is 13.1 Å². The summed E-state index contributed by atoms with van der Waals surface area (Å²) in [5.41, 5.74) is 3.02. The number of fused-ring (bicyclic) bond motifs is 1. The summed E-state index contributed by atoms with van der Waals surface area (Å²) in [5.74, 6) is 3.83. The minimum Gasteiger partial charge on any atom is -0.506 e. The molecule has 1 N–H and O–H groups in total. The van der Waals surface area contributed by atoms with E-state index in [1.807, 2.05) is 24.3 Å². The fourth-order valence-electron chi connectivity index (χ4n) is 4.71. The predicted octanol–water partition coefficient (Wildman–Crippen LogP) is 5.07. The van der Waals surface area contributed by atoms with E-state index in [-0.39, 0.29) is 5.75 Å². The number of piperidine rings is 1. The maximum atomic E-state index is 10.1. The average Bonchev–Trinajstić information content (AvgIpc) is 2.82. The van der Waals surface area contributed by atoms with Gasteiger partial charge in [0.25, 0.3) is 0 Å². The lowest BCUT2D eigenvalue weighted by atomic mass is 9.92. The monoisotopic (exact) mass is 427 g/mol. The van der Waals surface area contributed by atoms with Crippen molar-refractivity contribution in [3.05, 3.63) is 71.9 Å². The van der Waals surface area contributed by atoms with Gasteiger partial charge in [-0.15, -0.1) is 6.42 Å². The number of benzene rings is 2. The maximum Gasteiger partial charge on any atom is 0.141 e. The van der Waals surface area contributed by atoms with Crippen molar-refractivity contribution in [1.82, 2.24) is 14.8 Å². The molecule has 166 valence electrons. The second-order valence-corrected chi connectivity index (χ2v) is 8.91. The number of hydrogen-bond acceptors (Lipinski definition) is 4. The molecular formula is C28H33N3O. The number of phenols is 1. The molecule has 32 heavy (non-hydrogen) atoms. The summed E-state index contributed by atoms with van der Waals surface area (Å²) >= 11 is 0.